The number of likely N-dealkylation sites (N-methyl/N-ethyl adjacent to an activating group) is 2. The fourth-order valence-electron chi connectivity index (χ4n) is 4.01. The highest BCUT2D eigenvalue weighted by Gasteiger charge is 2.19. The number of halogens is 2. The number of aromatic nitrogens is 4. The second-order valence-electron chi connectivity index (χ2n) is 8.88. The smallest absolute Gasteiger partial charge is 0.253 e. The Morgan fingerprint density at radius 3 is 1.38 bits per heavy atom. The summed E-state index contributed by atoms with van der Waals surface area (Å²) >= 11 is 2.35. The molecule has 0 fully saturated rings. The molecule has 2 aliphatic rings. The summed E-state index contributed by atoms with van der Waals surface area (Å²) in [7, 11) is 4.21. The number of hydrogen-bond donors (Lipinski definition) is 0. The lowest BCUT2D eigenvalue weighted by Gasteiger charge is -2.22. The molecular weight excluding hydrogens is 587 g/mol. The maximum Gasteiger partial charge on any atom is 0.253 e. The van der Waals surface area contributed by atoms with Gasteiger partial charge in [0.15, 0.2) is 0 Å². The number of hydrogen-bond acceptors (Lipinski definition) is 13. The van der Waals surface area contributed by atoms with E-state index in [-0.39, 0.29) is 24.8 Å². The molecule has 2 aromatic rings. The van der Waals surface area contributed by atoms with Gasteiger partial charge in [0, 0.05) is 26.2 Å². The Bertz CT molecular complexity index is 947. The van der Waals surface area contributed by atoms with E-state index in [0.29, 0.717) is 64.6 Å². The van der Waals surface area contributed by atoms with Gasteiger partial charge < -0.3 is 33.5 Å². The summed E-state index contributed by atoms with van der Waals surface area (Å²) in [6.45, 7) is 7.64. The van der Waals surface area contributed by atoms with Gasteiger partial charge in [-0.15, -0.1) is 33.6 Å². The summed E-state index contributed by atoms with van der Waals surface area (Å²) in [5.74, 6) is 1.18. The highest BCUT2D eigenvalue weighted by molar-refractivity contribution is 6.99. The van der Waals surface area contributed by atoms with Crippen molar-refractivity contribution in [2.75, 3.05) is 93.1 Å². The first kappa shape index (κ1) is 33.8. The Kier molecular flexibility index (Phi) is 16.3. The molecule has 39 heavy (non-hydrogen) atoms. The predicted molar refractivity (Wildman–Crippen MR) is 158 cm³/mol. The molecule has 0 saturated heterocycles. The van der Waals surface area contributed by atoms with Gasteiger partial charge in [-0.3, -0.25) is 0 Å². The van der Waals surface area contributed by atoms with Crippen molar-refractivity contribution in [1.29, 1.82) is 0 Å². The zero-order valence-corrected chi connectivity index (χ0v) is 25.7. The van der Waals surface area contributed by atoms with E-state index < -0.39 is 0 Å². The van der Waals surface area contributed by atoms with Crippen molar-refractivity contribution >= 4 is 59.4 Å². The van der Waals surface area contributed by atoms with E-state index in [1.54, 1.807) is 0 Å². The molecule has 0 amide bonds. The second kappa shape index (κ2) is 18.8. The summed E-state index contributed by atoms with van der Waals surface area (Å²) in [6, 6.07) is 0. The lowest BCUT2D eigenvalue weighted by molar-refractivity contribution is 0.00464. The molecule has 4 rings (SSSR count). The maximum atomic E-state index is 5.79. The number of nitrogens with zero attached hydrogens (tertiary/aromatic N) is 6. The van der Waals surface area contributed by atoms with Gasteiger partial charge in [-0.25, -0.2) is 0 Å². The standard InChI is InChI=1S/C24H36N6O5S2.2ClH/c1-29-7-3-5-19(17-29)21-23(27-36-25-21)34-15-13-32-11-9-31-10-12-33-14-16-35-24-22(26-37-28-24)20-6-4-8-30(2)18-20;;/h5-6H,3-4,7-18H2,1-2H3;2*1H. The average molecular weight is 626 g/mol. The average Bonchev–Trinajstić information content (AvgIpc) is 3.56. The van der Waals surface area contributed by atoms with Gasteiger partial charge in [-0.05, 0) is 38.1 Å². The quantitative estimate of drug-likeness (QED) is 0.257. The highest BCUT2D eigenvalue weighted by Crippen LogP contribution is 2.28. The Morgan fingerprint density at radius 2 is 1.00 bits per heavy atom. The van der Waals surface area contributed by atoms with Crippen LogP contribution in [0.25, 0.3) is 11.1 Å². The molecule has 0 atom stereocenters. The minimum atomic E-state index is 0. The molecule has 220 valence electrons. The lowest BCUT2D eigenvalue weighted by atomic mass is 10.1. The molecule has 0 radical (unpaired) electrons. The Hall–Kier alpha value is -1.42. The summed E-state index contributed by atoms with van der Waals surface area (Å²) in [5.41, 5.74) is 4.05. The second-order valence-corrected chi connectivity index (χ2v) is 9.94. The first-order valence-electron chi connectivity index (χ1n) is 12.6. The van der Waals surface area contributed by atoms with Gasteiger partial charge in [0.05, 0.1) is 63.1 Å². The van der Waals surface area contributed by atoms with Crippen LogP contribution in [0.3, 0.4) is 0 Å². The molecule has 0 saturated carbocycles. The van der Waals surface area contributed by atoms with E-state index in [0.717, 1.165) is 50.4 Å². The van der Waals surface area contributed by atoms with Crippen LogP contribution in [0.2, 0.25) is 0 Å². The van der Waals surface area contributed by atoms with E-state index in [9.17, 15) is 0 Å². The minimum Gasteiger partial charge on any atom is -0.473 e. The molecule has 0 aromatic carbocycles. The van der Waals surface area contributed by atoms with E-state index in [1.807, 2.05) is 0 Å². The van der Waals surface area contributed by atoms with Crippen LogP contribution in [-0.4, -0.2) is 120 Å². The molecule has 0 unspecified atom stereocenters. The summed E-state index contributed by atoms with van der Waals surface area (Å²) < 4.78 is 45.7. The largest absolute Gasteiger partial charge is 0.473 e. The highest BCUT2D eigenvalue weighted by atomic mass is 35.5. The molecule has 0 spiro atoms. The van der Waals surface area contributed by atoms with Crippen LogP contribution in [0, 0.1) is 0 Å². The van der Waals surface area contributed by atoms with Gasteiger partial charge >= 0.3 is 0 Å². The Labute approximate surface area is 251 Å². The summed E-state index contributed by atoms with van der Waals surface area (Å²) in [5, 5.41) is 0. The van der Waals surface area contributed by atoms with Crippen molar-refractivity contribution in [2.45, 2.75) is 12.8 Å². The van der Waals surface area contributed by atoms with Gasteiger partial charge in [-0.1, -0.05) is 12.2 Å². The van der Waals surface area contributed by atoms with Gasteiger partial charge in [-0.2, -0.15) is 8.75 Å². The number of rotatable bonds is 16. The third-order valence-electron chi connectivity index (χ3n) is 5.89. The molecule has 0 aliphatic carbocycles. The van der Waals surface area contributed by atoms with Crippen molar-refractivity contribution < 1.29 is 23.7 Å². The van der Waals surface area contributed by atoms with Crippen LogP contribution in [-0.2, 0) is 14.2 Å². The molecule has 15 heteroatoms. The third kappa shape index (κ3) is 11.2. The van der Waals surface area contributed by atoms with Crippen molar-refractivity contribution in [2.24, 2.45) is 0 Å². The van der Waals surface area contributed by atoms with Crippen LogP contribution in [0.15, 0.2) is 12.2 Å². The van der Waals surface area contributed by atoms with E-state index in [1.165, 1.54) is 34.6 Å². The normalized spacial score (nSPS) is 16.2. The molecule has 2 aliphatic heterocycles. The minimum absolute atomic E-state index is 0. The van der Waals surface area contributed by atoms with E-state index in [2.05, 4.69) is 53.5 Å². The fourth-order valence-corrected chi connectivity index (χ4v) is 5.07. The van der Waals surface area contributed by atoms with Crippen molar-refractivity contribution in [1.82, 2.24) is 27.3 Å². The third-order valence-corrected chi connectivity index (χ3v) is 6.91. The first-order chi connectivity index (χ1) is 18.2. The SMILES string of the molecule is CN1CCC=C(c2nsnc2OCCOCCOCCOCCOc2nsnc2C2=CCCN(C)C2)C1.Cl.Cl. The Morgan fingerprint density at radius 1 is 0.615 bits per heavy atom. The zero-order valence-electron chi connectivity index (χ0n) is 22.4. The maximum absolute atomic E-state index is 5.79. The van der Waals surface area contributed by atoms with Crippen molar-refractivity contribution in [3.05, 3.63) is 23.5 Å². The van der Waals surface area contributed by atoms with Gasteiger partial charge in [0.25, 0.3) is 11.8 Å². The van der Waals surface area contributed by atoms with Crippen molar-refractivity contribution in [3.63, 3.8) is 0 Å². The van der Waals surface area contributed by atoms with Crippen LogP contribution in [0.1, 0.15) is 24.2 Å². The zero-order chi connectivity index (χ0) is 25.7. The van der Waals surface area contributed by atoms with Crippen LogP contribution in [0.4, 0.5) is 0 Å². The van der Waals surface area contributed by atoms with Crippen LogP contribution < -0.4 is 9.47 Å². The summed E-state index contributed by atoms with van der Waals surface area (Å²) in [6.07, 6.45) is 6.48. The number of ether oxygens (including phenoxy) is 5. The van der Waals surface area contributed by atoms with Crippen molar-refractivity contribution in [3.8, 4) is 11.8 Å². The molecule has 4 heterocycles. The topological polar surface area (TPSA) is 104 Å². The summed E-state index contributed by atoms with van der Waals surface area (Å²) in [4.78, 5) is 4.54. The van der Waals surface area contributed by atoms with Crippen LogP contribution in [0.5, 0.6) is 11.8 Å². The van der Waals surface area contributed by atoms with Gasteiger partial charge in [0.2, 0.25) is 0 Å². The monoisotopic (exact) mass is 624 g/mol. The Balaban J connectivity index is 0.00000267. The molecule has 0 N–H and O–H groups in total. The van der Waals surface area contributed by atoms with E-state index >= 15 is 0 Å². The molecule has 11 nitrogen and oxygen atoms in total. The van der Waals surface area contributed by atoms with Gasteiger partial charge in [0.1, 0.15) is 24.6 Å². The van der Waals surface area contributed by atoms with E-state index in [4.69, 9.17) is 23.7 Å². The predicted octanol–water partition coefficient (Wildman–Crippen LogP) is 3.18. The molecular formula is C24H38Cl2N6O5S2. The fraction of sp³-hybridized carbons (Fsp3) is 0.667. The molecule has 0 bridgehead atoms. The molecule has 2 aromatic heterocycles. The van der Waals surface area contributed by atoms with Crippen LogP contribution >= 0.6 is 48.3 Å². The lowest BCUT2D eigenvalue weighted by Crippen LogP contribution is -2.25. The first-order valence-corrected chi connectivity index (χ1v) is 14.1.